The van der Waals surface area contributed by atoms with E-state index in [1.807, 2.05) is 60.7 Å². The zero-order valence-corrected chi connectivity index (χ0v) is 15.9. The Morgan fingerprint density at radius 3 is 2.53 bits per heavy atom. The third-order valence-corrected chi connectivity index (χ3v) is 4.66. The van der Waals surface area contributed by atoms with Crippen LogP contribution in [0.1, 0.15) is 5.82 Å². The molecule has 3 heterocycles. The molecule has 0 amide bonds. The molecule has 0 aliphatic heterocycles. The molecule has 3 N–H and O–H groups in total. The number of H-pyrrole nitrogens is 2. The summed E-state index contributed by atoms with van der Waals surface area (Å²) in [7, 11) is 0. The molecule has 9 nitrogen and oxygen atoms in total. The minimum Gasteiger partial charge on any atom is -0.355 e. The number of nitrogens with zero attached hydrogens (tertiary/aromatic N) is 5. The standard InChI is InChI=1S/C21H18N8O/c30-20-16-13-23-29(15-9-5-2-6-10-15)19(16)25-21(26-20)22-12-11-17-24-18(28-27-17)14-7-3-1-4-8-14/h1-10,13H,11-12H2,(H,24,27,28)(H2,22,25,26,30). The van der Waals surface area contributed by atoms with Crippen LogP contribution >= 0.6 is 0 Å². The lowest BCUT2D eigenvalue weighted by atomic mass is 10.2. The first kappa shape index (κ1) is 17.8. The number of anilines is 1. The van der Waals surface area contributed by atoms with Gasteiger partial charge in [-0.25, -0.2) is 9.67 Å². The van der Waals surface area contributed by atoms with Crippen LogP contribution in [-0.2, 0) is 6.42 Å². The maximum Gasteiger partial charge on any atom is 0.263 e. The Bertz CT molecular complexity index is 1340. The highest BCUT2D eigenvalue weighted by molar-refractivity contribution is 5.76. The second-order valence-corrected chi connectivity index (χ2v) is 6.69. The van der Waals surface area contributed by atoms with E-state index in [4.69, 9.17) is 0 Å². The molecule has 0 saturated carbocycles. The van der Waals surface area contributed by atoms with E-state index in [1.165, 1.54) is 6.20 Å². The van der Waals surface area contributed by atoms with Gasteiger partial charge < -0.3 is 5.32 Å². The lowest BCUT2D eigenvalue weighted by Crippen LogP contribution is -2.15. The molecule has 0 unspecified atom stereocenters. The van der Waals surface area contributed by atoms with Gasteiger partial charge in [0.25, 0.3) is 5.56 Å². The Hall–Kier alpha value is -4.27. The zero-order chi connectivity index (χ0) is 20.3. The van der Waals surface area contributed by atoms with Crippen LogP contribution in [0.3, 0.4) is 0 Å². The maximum atomic E-state index is 12.4. The van der Waals surface area contributed by atoms with E-state index in [1.54, 1.807) is 4.68 Å². The Kier molecular flexibility index (Phi) is 4.53. The fourth-order valence-electron chi connectivity index (χ4n) is 3.18. The monoisotopic (exact) mass is 398 g/mol. The van der Waals surface area contributed by atoms with Crippen molar-refractivity contribution in [1.29, 1.82) is 0 Å². The third-order valence-electron chi connectivity index (χ3n) is 4.66. The average Bonchev–Trinajstić information content (AvgIpc) is 3.43. The van der Waals surface area contributed by atoms with Crippen LogP contribution < -0.4 is 10.9 Å². The summed E-state index contributed by atoms with van der Waals surface area (Å²) in [5.41, 5.74) is 2.06. The van der Waals surface area contributed by atoms with E-state index >= 15 is 0 Å². The van der Waals surface area contributed by atoms with E-state index in [0.717, 1.165) is 17.1 Å². The van der Waals surface area contributed by atoms with E-state index in [2.05, 4.69) is 35.6 Å². The highest BCUT2D eigenvalue weighted by atomic mass is 16.1. The largest absolute Gasteiger partial charge is 0.355 e. The van der Waals surface area contributed by atoms with Crippen molar-refractivity contribution in [1.82, 2.24) is 34.9 Å². The van der Waals surface area contributed by atoms with Crippen LogP contribution in [0, 0.1) is 0 Å². The molecule has 0 aliphatic rings. The predicted molar refractivity (Wildman–Crippen MR) is 113 cm³/mol. The minimum atomic E-state index is -0.240. The van der Waals surface area contributed by atoms with Gasteiger partial charge in [0.1, 0.15) is 11.2 Å². The third kappa shape index (κ3) is 3.44. The fourth-order valence-corrected chi connectivity index (χ4v) is 3.18. The first-order chi connectivity index (χ1) is 14.8. The molecule has 0 aliphatic carbocycles. The van der Waals surface area contributed by atoms with Crippen molar-refractivity contribution >= 4 is 17.0 Å². The SMILES string of the molecule is O=c1[nH]c(NCCc2nc(-c3ccccc3)n[nH]2)nc2c1cnn2-c1ccccc1. The van der Waals surface area contributed by atoms with Crippen LogP contribution in [0.15, 0.2) is 71.7 Å². The second kappa shape index (κ2) is 7.63. The van der Waals surface area contributed by atoms with Crippen molar-refractivity contribution in [2.75, 3.05) is 11.9 Å². The molecule has 0 spiro atoms. The van der Waals surface area contributed by atoms with Crippen molar-refractivity contribution in [2.45, 2.75) is 6.42 Å². The molecule has 0 radical (unpaired) electrons. The van der Waals surface area contributed by atoms with Crippen molar-refractivity contribution in [3.8, 4) is 17.1 Å². The van der Waals surface area contributed by atoms with Crippen molar-refractivity contribution in [3.05, 3.63) is 83.0 Å². The lowest BCUT2D eigenvalue weighted by molar-refractivity contribution is 0.879. The minimum absolute atomic E-state index is 0.240. The normalized spacial score (nSPS) is 11.1. The van der Waals surface area contributed by atoms with Crippen LogP contribution in [0.4, 0.5) is 5.95 Å². The van der Waals surface area contributed by atoms with E-state index in [-0.39, 0.29) is 5.56 Å². The number of hydrogen-bond acceptors (Lipinski definition) is 6. The summed E-state index contributed by atoms with van der Waals surface area (Å²) in [5.74, 6) is 1.79. The van der Waals surface area contributed by atoms with Gasteiger partial charge >= 0.3 is 0 Å². The first-order valence-corrected chi connectivity index (χ1v) is 9.52. The number of para-hydroxylation sites is 1. The topological polar surface area (TPSA) is 117 Å². The summed E-state index contributed by atoms with van der Waals surface area (Å²) in [6.07, 6.45) is 2.12. The molecule has 0 atom stereocenters. The van der Waals surface area contributed by atoms with Gasteiger partial charge in [0, 0.05) is 18.5 Å². The highest BCUT2D eigenvalue weighted by Crippen LogP contribution is 2.15. The molecular weight excluding hydrogens is 380 g/mol. The predicted octanol–water partition coefficient (Wildman–Crippen LogP) is 2.55. The van der Waals surface area contributed by atoms with E-state index < -0.39 is 0 Å². The maximum absolute atomic E-state index is 12.4. The lowest BCUT2D eigenvalue weighted by Gasteiger charge is -2.06. The van der Waals surface area contributed by atoms with Crippen LogP contribution in [0.2, 0.25) is 0 Å². The van der Waals surface area contributed by atoms with Crippen LogP contribution in [0.25, 0.3) is 28.1 Å². The van der Waals surface area contributed by atoms with Crippen molar-refractivity contribution in [2.24, 2.45) is 0 Å². The number of nitrogens with one attached hydrogen (secondary N) is 3. The Morgan fingerprint density at radius 2 is 1.73 bits per heavy atom. The van der Waals surface area contributed by atoms with Crippen molar-refractivity contribution < 1.29 is 0 Å². The summed E-state index contributed by atoms with van der Waals surface area (Å²) in [6, 6.07) is 19.4. The molecule has 0 fully saturated rings. The van der Waals surface area contributed by atoms with Crippen molar-refractivity contribution in [3.63, 3.8) is 0 Å². The number of aromatic nitrogens is 7. The van der Waals surface area contributed by atoms with Crippen LogP contribution in [-0.4, -0.2) is 41.5 Å². The smallest absolute Gasteiger partial charge is 0.263 e. The summed E-state index contributed by atoms with van der Waals surface area (Å²) in [6.45, 7) is 0.525. The molecular formula is C21H18N8O. The molecule has 148 valence electrons. The van der Waals surface area contributed by atoms with E-state index in [0.29, 0.717) is 35.8 Å². The zero-order valence-electron chi connectivity index (χ0n) is 15.9. The van der Waals surface area contributed by atoms with Gasteiger partial charge in [-0.3, -0.25) is 14.9 Å². The number of hydrogen-bond donors (Lipinski definition) is 3. The van der Waals surface area contributed by atoms with Gasteiger partial charge in [-0.1, -0.05) is 48.5 Å². The average molecular weight is 398 g/mol. The molecule has 9 heteroatoms. The molecule has 5 rings (SSSR count). The van der Waals surface area contributed by atoms with Gasteiger partial charge in [-0.05, 0) is 12.1 Å². The quantitative estimate of drug-likeness (QED) is 0.405. The van der Waals surface area contributed by atoms with Gasteiger partial charge in [0.2, 0.25) is 5.95 Å². The van der Waals surface area contributed by atoms with Gasteiger partial charge in [-0.15, -0.1) is 0 Å². The van der Waals surface area contributed by atoms with Gasteiger partial charge in [0.05, 0.1) is 11.9 Å². The Morgan fingerprint density at radius 1 is 0.967 bits per heavy atom. The molecule has 2 aromatic carbocycles. The molecule has 30 heavy (non-hydrogen) atoms. The summed E-state index contributed by atoms with van der Waals surface area (Å²) < 4.78 is 1.65. The van der Waals surface area contributed by atoms with E-state index in [9.17, 15) is 4.79 Å². The summed E-state index contributed by atoms with van der Waals surface area (Å²) in [5, 5.41) is 15.1. The van der Waals surface area contributed by atoms with Gasteiger partial charge in [0.15, 0.2) is 11.5 Å². The second-order valence-electron chi connectivity index (χ2n) is 6.69. The number of aromatic amines is 2. The Balaban J connectivity index is 1.33. The molecule has 0 saturated heterocycles. The molecule has 3 aromatic heterocycles. The molecule has 5 aromatic rings. The Labute approximate surface area is 170 Å². The number of benzene rings is 2. The number of rotatable bonds is 6. The fraction of sp³-hybridized carbons (Fsp3) is 0.0952. The van der Waals surface area contributed by atoms with Crippen LogP contribution in [0.5, 0.6) is 0 Å². The highest BCUT2D eigenvalue weighted by Gasteiger charge is 2.11. The first-order valence-electron chi connectivity index (χ1n) is 9.52. The van der Waals surface area contributed by atoms with Gasteiger partial charge in [-0.2, -0.15) is 15.2 Å². The summed E-state index contributed by atoms with van der Waals surface area (Å²) >= 11 is 0. The summed E-state index contributed by atoms with van der Waals surface area (Å²) in [4.78, 5) is 24.2. The molecule has 0 bridgehead atoms. The number of fused-ring (bicyclic) bond motifs is 1.